The molecule has 2 aromatic rings. The number of hydrogen-bond donors (Lipinski definition) is 1. The molecule has 102 valence electrons. The number of methoxy groups -OCH3 is 1. The van der Waals surface area contributed by atoms with E-state index in [2.05, 4.69) is 5.10 Å². The summed E-state index contributed by atoms with van der Waals surface area (Å²) in [5, 5.41) is 14.3. The molecule has 0 fully saturated rings. The van der Waals surface area contributed by atoms with E-state index >= 15 is 0 Å². The van der Waals surface area contributed by atoms with E-state index in [1.54, 1.807) is 14.0 Å². The number of ether oxygens (including phenoxy) is 1. The Morgan fingerprint density at radius 2 is 1.84 bits per heavy atom. The Morgan fingerprint density at radius 3 is 2.37 bits per heavy atom. The Balaban J connectivity index is 2.59. The molecule has 0 aliphatic rings. The molecule has 2 rings (SSSR count). The second-order valence-electron chi connectivity index (χ2n) is 4.17. The Morgan fingerprint density at radius 1 is 1.26 bits per heavy atom. The molecule has 0 amide bonds. The van der Waals surface area contributed by atoms with Crippen LogP contribution >= 0.6 is 0 Å². The molecule has 0 saturated heterocycles. The fraction of sp³-hybridized carbons (Fsp3) is 0.308. The van der Waals surface area contributed by atoms with Gasteiger partial charge in [-0.1, -0.05) is 6.07 Å². The van der Waals surface area contributed by atoms with Crippen molar-refractivity contribution in [3.05, 3.63) is 46.7 Å². The predicted molar refractivity (Wildman–Crippen MR) is 64.9 cm³/mol. The van der Waals surface area contributed by atoms with E-state index in [9.17, 15) is 13.9 Å². The second-order valence-corrected chi connectivity index (χ2v) is 4.17. The summed E-state index contributed by atoms with van der Waals surface area (Å²) in [6, 6.07) is 3.44. The number of nitrogens with zero attached hydrogens (tertiary/aromatic N) is 2. The van der Waals surface area contributed by atoms with Crippen molar-refractivity contribution in [1.29, 1.82) is 0 Å². The van der Waals surface area contributed by atoms with Gasteiger partial charge in [0.15, 0.2) is 0 Å². The second kappa shape index (κ2) is 4.97. The normalized spacial score (nSPS) is 12.5. The average Bonchev–Trinajstić information content (AvgIpc) is 2.62. The summed E-state index contributed by atoms with van der Waals surface area (Å²) >= 11 is 0. The van der Waals surface area contributed by atoms with Crippen LogP contribution in [0, 0.1) is 18.6 Å². The van der Waals surface area contributed by atoms with Crippen molar-refractivity contribution in [1.82, 2.24) is 9.78 Å². The van der Waals surface area contributed by atoms with Crippen molar-refractivity contribution in [2.45, 2.75) is 13.0 Å². The van der Waals surface area contributed by atoms with Crippen LogP contribution in [-0.2, 0) is 7.05 Å². The van der Waals surface area contributed by atoms with E-state index in [4.69, 9.17) is 4.74 Å². The number of aryl methyl sites for hydroxylation is 2. The smallest absolute Gasteiger partial charge is 0.217 e. The fourth-order valence-corrected chi connectivity index (χ4v) is 2.13. The van der Waals surface area contributed by atoms with E-state index in [-0.39, 0.29) is 11.4 Å². The van der Waals surface area contributed by atoms with Crippen molar-refractivity contribution < 1.29 is 18.6 Å². The van der Waals surface area contributed by atoms with Crippen LogP contribution in [0.1, 0.15) is 22.9 Å². The first kappa shape index (κ1) is 13.5. The number of benzene rings is 1. The van der Waals surface area contributed by atoms with Gasteiger partial charge in [0, 0.05) is 7.05 Å². The largest absolute Gasteiger partial charge is 0.481 e. The molecule has 4 nitrogen and oxygen atoms in total. The van der Waals surface area contributed by atoms with E-state index < -0.39 is 23.3 Å². The van der Waals surface area contributed by atoms with Gasteiger partial charge in [0.2, 0.25) is 5.88 Å². The van der Waals surface area contributed by atoms with Crippen molar-refractivity contribution in [2.75, 3.05) is 7.11 Å². The van der Waals surface area contributed by atoms with Gasteiger partial charge in [0.25, 0.3) is 0 Å². The maximum atomic E-state index is 13.7. The van der Waals surface area contributed by atoms with Gasteiger partial charge in [-0.2, -0.15) is 5.10 Å². The molecule has 0 saturated carbocycles. The standard InChI is InChI=1S/C13H14F2N2O2/c1-7-10(13(19-3)17(2)16-7)12(18)11-8(14)5-4-6-9(11)15/h4-6,12,18H,1-3H3. The van der Waals surface area contributed by atoms with Crippen LogP contribution in [0.15, 0.2) is 18.2 Å². The predicted octanol–water partition coefficient (Wildman–Crippen LogP) is 2.10. The summed E-state index contributed by atoms with van der Waals surface area (Å²) in [6.45, 7) is 1.64. The third kappa shape index (κ3) is 2.19. The molecule has 0 bridgehead atoms. The number of aliphatic hydroxyl groups is 1. The zero-order chi connectivity index (χ0) is 14.2. The maximum absolute atomic E-state index is 13.7. The van der Waals surface area contributed by atoms with Crippen LogP contribution < -0.4 is 4.74 Å². The monoisotopic (exact) mass is 268 g/mol. The quantitative estimate of drug-likeness (QED) is 0.927. The van der Waals surface area contributed by atoms with Crippen LogP contribution in [0.2, 0.25) is 0 Å². The topological polar surface area (TPSA) is 47.3 Å². The lowest BCUT2D eigenvalue weighted by molar-refractivity contribution is 0.202. The van der Waals surface area contributed by atoms with Gasteiger partial charge in [-0.25, -0.2) is 13.5 Å². The van der Waals surface area contributed by atoms with E-state index in [1.807, 2.05) is 0 Å². The number of rotatable bonds is 3. The highest BCUT2D eigenvalue weighted by atomic mass is 19.1. The van der Waals surface area contributed by atoms with Crippen molar-refractivity contribution in [3.63, 3.8) is 0 Å². The summed E-state index contributed by atoms with van der Waals surface area (Å²) < 4.78 is 33.9. The Hall–Kier alpha value is -1.95. The molecule has 0 spiro atoms. The molecule has 1 atom stereocenters. The van der Waals surface area contributed by atoms with E-state index in [0.717, 1.165) is 12.1 Å². The fourth-order valence-electron chi connectivity index (χ4n) is 2.13. The minimum absolute atomic E-state index is 0.258. The molecule has 0 radical (unpaired) electrons. The third-order valence-electron chi connectivity index (χ3n) is 2.95. The first-order chi connectivity index (χ1) is 8.97. The zero-order valence-corrected chi connectivity index (χ0v) is 10.8. The van der Waals surface area contributed by atoms with Gasteiger partial charge in [0.05, 0.1) is 23.9 Å². The van der Waals surface area contributed by atoms with Crippen molar-refractivity contribution in [2.24, 2.45) is 7.05 Å². The summed E-state index contributed by atoms with van der Waals surface area (Å²) in [7, 11) is 3.03. The van der Waals surface area contributed by atoms with Gasteiger partial charge in [-0.15, -0.1) is 0 Å². The number of aromatic nitrogens is 2. The summed E-state index contributed by atoms with van der Waals surface area (Å²) in [6.07, 6.45) is -1.47. The highest BCUT2D eigenvalue weighted by Crippen LogP contribution is 2.34. The molecule has 6 heteroatoms. The first-order valence-corrected chi connectivity index (χ1v) is 5.66. The van der Waals surface area contributed by atoms with Crippen LogP contribution in [-0.4, -0.2) is 22.0 Å². The third-order valence-corrected chi connectivity index (χ3v) is 2.95. The highest BCUT2D eigenvalue weighted by molar-refractivity contribution is 5.40. The van der Waals surface area contributed by atoms with Gasteiger partial charge >= 0.3 is 0 Å². The average molecular weight is 268 g/mol. The minimum Gasteiger partial charge on any atom is -0.481 e. The lowest BCUT2D eigenvalue weighted by atomic mass is 10.0. The van der Waals surface area contributed by atoms with Crippen molar-refractivity contribution in [3.8, 4) is 5.88 Å². The molecule has 0 aliphatic carbocycles. The van der Waals surface area contributed by atoms with Crippen molar-refractivity contribution >= 4 is 0 Å². The molecular formula is C13H14F2N2O2. The first-order valence-electron chi connectivity index (χ1n) is 5.66. The zero-order valence-electron chi connectivity index (χ0n) is 10.8. The number of halogens is 2. The van der Waals surface area contributed by atoms with Crippen LogP contribution in [0.5, 0.6) is 5.88 Å². The lowest BCUT2D eigenvalue weighted by Gasteiger charge is -2.14. The maximum Gasteiger partial charge on any atom is 0.217 e. The molecule has 1 N–H and O–H groups in total. The lowest BCUT2D eigenvalue weighted by Crippen LogP contribution is -2.08. The summed E-state index contributed by atoms with van der Waals surface area (Å²) in [4.78, 5) is 0. The Labute approximate surface area is 109 Å². The number of aliphatic hydroxyl groups excluding tert-OH is 1. The number of hydrogen-bond acceptors (Lipinski definition) is 3. The van der Waals surface area contributed by atoms with Gasteiger partial charge in [0.1, 0.15) is 17.7 Å². The molecular weight excluding hydrogens is 254 g/mol. The van der Waals surface area contributed by atoms with Crippen LogP contribution in [0.25, 0.3) is 0 Å². The van der Waals surface area contributed by atoms with Gasteiger partial charge < -0.3 is 9.84 Å². The van der Waals surface area contributed by atoms with Gasteiger partial charge in [-0.05, 0) is 19.1 Å². The molecule has 19 heavy (non-hydrogen) atoms. The van der Waals surface area contributed by atoms with Gasteiger partial charge in [-0.3, -0.25) is 0 Å². The highest BCUT2D eigenvalue weighted by Gasteiger charge is 2.27. The Kier molecular flexibility index (Phi) is 3.53. The minimum atomic E-state index is -1.47. The van der Waals surface area contributed by atoms with Crippen LogP contribution in [0.3, 0.4) is 0 Å². The van der Waals surface area contributed by atoms with E-state index in [1.165, 1.54) is 17.9 Å². The van der Waals surface area contributed by atoms with Crippen LogP contribution in [0.4, 0.5) is 8.78 Å². The molecule has 1 aromatic heterocycles. The molecule has 1 heterocycles. The summed E-state index contributed by atoms with van der Waals surface area (Å²) in [5.41, 5.74) is 0.306. The summed E-state index contributed by atoms with van der Waals surface area (Å²) in [5.74, 6) is -1.34. The molecule has 1 aromatic carbocycles. The molecule has 0 aliphatic heterocycles. The van der Waals surface area contributed by atoms with E-state index in [0.29, 0.717) is 5.69 Å². The Bertz CT molecular complexity index is 591. The SMILES string of the molecule is COc1c(C(O)c2c(F)cccc2F)c(C)nn1C. The molecule has 1 unspecified atom stereocenters.